The van der Waals surface area contributed by atoms with E-state index in [0.29, 0.717) is 18.6 Å². The van der Waals surface area contributed by atoms with E-state index in [4.69, 9.17) is 134 Å². The lowest BCUT2D eigenvalue weighted by Gasteiger charge is -2.27. The van der Waals surface area contributed by atoms with Crippen LogP contribution in [0.4, 0.5) is 0 Å². The third-order valence-electron chi connectivity index (χ3n) is 6.53. The minimum absolute atomic E-state index is 0.0179. The van der Waals surface area contributed by atoms with Gasteiger partial charge in [-0.1, -0.05) is 11.7 Å². The number of pyridine rings is 1. The van der Waals surface area contributed by atoms with Crippen LogP contribution in [0.25, 0.3) is 16.6 Å². The van der Waals surface area contributed by atoms with Crippen LogP contribution in [-0.2, 0) is 175 Å². The van der Waals surface area contributed by atoms with Crippen LogP contribution in [0.15, 0.2) is 41.6 Å². The average molecular weight is 1100 g/mol. The van der Waals surface area contributed by atoms with Crippen LogP contribution in [0.2, 0.25) is 0 Å². The number of fused-ring (bicyclic) bond motifs is 3. The number of carbonyl (C=O) groups excluding carboxylic acids is 1. The molecule has 4 heterocycles. The molecule has 1 amide bonds. The highest BCUT2D eigenvalue weighted by Gasteiger charge is 2.34. The normalized spacial score (nSPS) is 15.4. The molecule has 0 atom stereocenters. The number of hydrogen-bond acceptors (Lipinski definition) is 16. The summed E-state index contributed by atoms with van der Waals surface area (Å²) >= 11 is 70.4. The smallest absolute Gasteiger partial charge is 0.275 e. The van der Waals surface area contributed by atoms with Gasteiger partial charge in [0.1, 0.15) is 5.52 Å². The van der Waals surface area contributed by atoms with Crippen molar-refractivity contribution in [3.05, 3.63) is 47.1 Å². The first-order chi connectivity index (χ1) is 21.5. The number of rotatable bonds is 12. The van der Waals surface area contributed by atoms with E-state index in [-0.39, 0.29) is 17.9 Å². The molecule has 3 aromatic heterocycles. The molecule has 0 radical (unpaired) electrons. The number of nitrogens with zero attached hydrogens (tertiary/aromatic N) is 4. The summed E-state index contributed by atoms with van der Waals surface area (Å²) < 4.78 is 1.28. The van der Waals surface area contributed by atoms with Crippen molar-refractivity contribution in [2.24, 2.45) is 0 Å². The SMILES string of the molecule is O=C(CCn1c(=O)c2cccn2c2ccncc21)NCCCN1CCCC1.S=S(=S)(S)S(=S)(=S)S(=S)(=S)S(=S)(=S)S(=S)(=S)S(=S)(=S)I. The summed E-state index contributed by atoms with van der Waals surface area (Å²) in [7, 11) is 0. The Hall–Kier alpha value is 3.15. The third-order valence-corrected chi connectivity index (χ3v) is 114. The zero-order valence-electron chi connectivity index (χ0n) is 23.6. The molecule has 1 saturated heterocycles. The summed E-state index contributed by atoms with van der Waals surface area (Å²) in [6.45, 7) is 4.44. The van der Waals surface area contributed by atoms with Gasteiger partial charge in [0.05, 0.1) is 17.2 Å². The van der Waals surface area contributed by atoms with Crippen LogP contribution >= 0.6 is 32.9 Å². The van der Waals surface area contributed by atoms with Crippen molar-refractivity contribution in [3.63, 3.8) is 0 Å². The number of likely N-dealkylation sites (tertiary alicyclic amines) is 1. The lowest BCUT2D eigenvalue weighted by Crippen LogP contribution is -2.30. The maximum atomic E-state index is 12.8. The van der Waals surface area contributed by atoms with Crippen molar-refractivity contribution in [1.82, 2.24) is 24.2 Å². The summed E-state index contributed by atoms with van der Waals surface area (Å²) in [6.07, 6.45) is 9.09. The Morgan fingerprint density at radius 3 is 2.02 bits per heavy atom. The fourth-order valence-electron chi connectivity index (χ4n) is 4.27. The standard InChI is InChI=1S/C20H25N5O2.HIS19/c26-19(22-8-4-12-23-10-1-2-11-23)7-14-25-18-15-21-9-6-16(18)24-13-3-5-17(24)20(25)27;1-15(2,3)17(7,8)19(11,12)20(13,14)18(9,10)16(4,5)6/h3,5-6,9,13,15H,1-2,4,7-8,10-12,14H2,(H,22,26);(H,4,5,6). The molecule has 0 unspecified atom stereocenters. The largest absolute Gasteiger partial charge is 0.356 e. The van der Waals surface area contributed by atoms with Gasteiger partial charge >= 0.3 is 0 Å². The van der Waals surface area contributed by atoms with E-state index >= 15 is 0 Å². The van der Waals surface area contributed by atoms with Gasteiger partial charge in [-0.15, -0.1) is 0 Å². The molecule has 1 fully saturated rings. The van der Waals surface area contributed by atoms with Crippen LogP contribution in [0.5, 0.6) is 0 Å². The molecule has 0 aromatic carbocycles. The molecular weight excluding hydrogens is 1080 g/mol. The number of amides is 1. The topological polar surface area (TPSA) is 71.6 Å². The molecule has 0 aliphatic carbocycles. The molecule has 0 spiro atoms. The van der Waals surface area contributed by atoms with E-state index in [9.17, 15) is 9.59 Å². The molecule has 1 N–H and O–H groups in total. The summed E-state index contributed by atoms with van der Waals surface area (Å²) in [5.41, 5.74) is 2.17. The monoisotopic (exact) mass is 1100 g/mol. The molecule has 7 nitrogen and oxygen atoms in total. The number of aryl methyl sites for hydroxylation is 1. The third kappa shape index (κ3) is 10.1. The van der Waals surface area contributed by atoms with Gasteiger partial charge in [0.15, 0.2) is 0 Å². The zero-order valence-corrected chi connectivity index (χ0v) is 41.4. The van der Waals surface area contributed by atoms with E-state index in [0.717, 1.165) is 24.0 Å². The van der Waals surface area contributed by atoms with E-state index in [1.165, 1.54) is 25.9 Å². The molecule has 1 aliphatic heterocycles. The van der Waals surface area contributed by atoms with Crippen molar-refractivity contribution in [2.75, 3.05) is 26.2 Å². The van der Waals surface area contributed by atoms with Crippen LogP contribution in [0.3, 0.4) is 0 Å². The molecule has 0 saturated carbocycles. The van der Waals surface area contributed by atoms with Gasteiger partial charge < -0.3 is 19.2 Å². The summed E-state index contributed by atoms with van der Waals surface area (Å²) in [4.78, 5) is 31.6. The highest BCUT2D eigenvalue weighted by atomic mass is 127. The van der Waals surface area contributed by atoms with Crippen LogP contribution < -0.4 is 10.9 Å². The van der Waals surface area contributed by atoms with E-state index in [1.807, 2.05) is 43.9 Å². The first-order valence-corrected chi connectivity index (χ1v) is 39.9. The van der Waals surface area contributed by atoms with Crippen molar-refractivity contribution in [1.29, 1.82) is 0 Å². The first kappa shape index (κ1) is 44.5. The summed E-state index contributed by atoms with van der Waals surface area (Å²) in [5.74, 6) is -0.0179. The molecule has 0 bridgehead atoms. The number of nitrogens with one attached hydrogen (secondary N) is 1. The summed E-state index contributed by atoms with van der Waals surface area (Å²) in [6, 6.07) is 5.54. The van der Waals surface area contributed by atoms with Crippen LogP contribution in [-0.4, -0.2) is 50.9 Å². The number of aromatic nitrogens is 3. The lowest BCUT2D eigenvalue weighted by atomic mass is 10.3. The molecule has 1 aliphatic rings. The van der Waals surface area contributed by atoms with Gasteiger partial charge in [0.2, 0.25) is 5.91 Å². The van der Waals surface area contributed by atoms with Gasteiger partial charge in [0, 0.05) is 82.5 Å². The van der Waals surface area contributed by atoms with Crippen molar-refractivity contribution >= 4 is 219 Å². The van der Waals surface area contributed by atoms with Crippen molar-refractivity contribution < 1.29 is 4.79 Å². The predicted octanol–water partition coefficient (Wildman–Crippen LogP) is 2.86. The fourth-order valence-corrected chi connectivity index (χ4v) is 113. The number of thiol groups is 1. The second-order valence-electron chi connectivity index (χ2n) is 9.54. The lowest BCUT2D eigenvalue weighted by molar-refractivity contribution is -0.121. The molecule has 264 valence electrons. The minimum atomic E-state index is -2.78. The number of carbonyl (C=O) groups is 1. The van der Waals surface area contributed by atoms with Crippen LogP contribution in [0.1, 0.15) is 25.7 Å². The molecule has 3 aromatic rings. The number of hydrogen-bond donors (Lipinski definition) is 2. The van der Waals surface area contributed by atoms with Gasteiger partial charge in [-0.3, -0.25) is 14.6 Å². The maximum absolute atomic E-state index is 12.8. The fraction of sp³-hybridized carbons (Fsp3) is 0.450. The van der Waals surface area contributed by atoms with Gasteiger partial charge in [0.25, 0.3) is 5.56 Å². The zero-order chi connectivity index (χ0) is 35.6. The minimum Gasteiger partial charge on any atom is -0.356 e. The van der Waals surface area contributed by atoms with Gasteiger partial charge in [-0.25, -0.2) is 0 Å². The van der Waals surface area contributed by atoms with Crippen LogP contribution in [0, 0.1) is 0 Å². The van der Waals surface area contributed by atoms with E-state index < -0.39 is 29.4 Å². The number of halogens is 1. The second kappa shape index (κ2) is 17.7. The molecule has 47 heavy (non-hydrogen) atoms. The highest BCUT2D eigenvalue weighted by Crippen LogP contribution is 2.34. The van der Waals surface area contributed by atoms with Crippen molar-refractivity contribution in [3.8, 4) is 0 Å². The van der Waals surface area contributed by atoms with Gasteiger partial charge in [-0.05, 0) is 191 Å². The van der Waals surface area contributed by atoms with E-state index in [2.05, 4.69) is 26.9 Å². The second-order valence-corrected chi connectivity index (χ2v) is 79.6. The van der Waals surface area contributed by atoms with E-state index in [1.54, 1.807) is 23.0 Å². The molecule has 27 heteroatoms. The Morgan fingerprint density at radius 2 is 1.45 bits per heavy atom. The Balaban J connectivity index is 0.000000270. The van der Waals surface area contributed by atoms with Crippen molar-refractivity contribution in [2.45, 2.75) is 32.2 Å². The average Bonchev–Trinajstić information content (AvgIpc) is 3.67. The summed E-state index contributed by atoms with van der Waals surface area (Å²) in [5, 5.41) is -10.3. The Morgan fingerprint density at radius 1 is 0.851 bits per heavy atom. The van der Waals surface area contributed by atoms with Gasteiger partial charge in [-0.2, -0.15) is 0 Å². The maximum Gasteiger partial charge on any atom is 0.275 e. The molecule has 4 rings (SSSR count). The predicted molar refractivity (Wildman–Crippen MR) is 260 cm³/mol. The first-order valence-electron chi connectivity index (χ1n) is 12.8. The highest BCUT2D eigenvalue weighted by molar-refractivity contribution is 14.2. The molecular formula is C20H26IN5O2S19. The quantitative estimate of drug-likeness (QED) is 0.0919. The Labute approximate surface area is 347 Å². The Bertz CT molecular complexity index is 2320. The Kier molecular flexibility index (Phi) is 16.8.